The second-order valence-corrected chi connectivity index (χ2v) is 8.21. The summed E-state index contributed by atoms with van der Waals surface area (Å²) in [5.41, 5.74) is 1.13. The number of piperazine rings is 1. The van der Waals surface area contributed by atoms with E-state index in [0.29, 0.717) is 17.8 Å². The molecule has 4 rings (SSSR count). The van der Waals surface area contributed by atoms with Gasteiger partial charge in [0.15, 0.2) is 6.54 Å². The fourth-order valence-corrected chi connectivity index (χ4v) is 4.37. The summed E-state index contributed by atoms with van der Waals surface area (Å²) < 4.78 is 0. The van der Waals surface area contributed by atoms with Crippen LogP contribution in [0.4, 0.5) is 11.5 Å². The summed E-state index contributed by atoms with van der Waals surface area (Å²) in [6.07, 6.45) is 6.35. The molecule has 1 aromatic heterocycles. The molecule has 7 heteroatoms. The van der Waals surface area contributed by atoms with Crippen LogP contribution in [0.3, 0.4) is 0 Å². The number of hydrogen-bond acceptors (Lipinski definition) is 3. The average molecular weight is 410 g/mol. The number of nitrogens with zero attached hydrogens (tertiary/aromatic N) is 1. The quantitative estimate of drug-likeness (QED) is 0.651. The van der Waals surface area contributed by atoms with Crippen molar-refractivity contribution in [2.75, 3.05) is 42.9 Å². The number of rotatable bonds is 6. The van der Waals surface area contributed by atoms with Gasteiger partial charge in [0.2, 0.25) is 0 Å². The SMILES string of the molecule is O=C(C[NH+]1CCN(c2cccc[nH+]2)CC1)Nc1ccccc1C(=O)NC1CCCC1. The van der Waals surface area contributed by atoms with Gasteiger partial charge < -0.3 is 15.5 Å². The lowest BCUT2D eigenvalue weighted by Gasteiger charge is -2.27. The topological polar surface area (TPSA) is 80.0 Å². The average Bonchev–Trinajstić information content (AvgIpc) is 3.28. The fraction of sp³-hybridized carbons (Fsp3) is 0.435. The summed E-state index contributed by atoms with van der Waals surface area (Å²) in [4.78, 5) is 32.2. The van der Waals surface area contributed by atoms with Gasteiger partial charge in [0.1, 0.15) is 26.2 Å². The van der Waals surface area contributed by atoms with Crippen LogP contribution < -0.4 is 25.4 Å². The Labute approximate surface area is 177 Å². The molecule has 2 amide bonds. The Morgan fingerprint density at radius 2 is 1.77 bits per heavy atom. The Morgan fingerprint density at radius 3 is 2.50 bits per heavy atom. The number of benzene rings is 1. The van der Waals surface area contributed by atoms with Crippen molar-refractivity contribution in [1.82, 2.24) is 5.32 Å². The number of aromatic nitrogens is 1. The zero-order chi connectivity index (χ0) is 20.8. The van der Waals surface area contributed by atoms with Gasteiger partial charge in [-0.25, -0.2) is 4.98 Å². The molecule has 1 saturated heterocycles. The molecule has 1 aromatic carbocycles. The minimum atomic E-state index is -0.0992. The molecule has 1 aliphatic carbocycles. The van der Waals surface area contributed by atoms with E-state index < -0.39 is 0 Å². The molecule has 0 radical (unpaired) electrons. The molecule has 0 spiro atoms. The number of carbonyl (C=O) groups excluding carboxylic acids is 2. The van der Waals surface area contributed by atoms with Crippen LogP contribution in [0.5, 0.6) is 0 Å². The number of quaternary nitrogens is 1. The van der Waals surface area contributed by atoms with E-state index >= 15 is 0 Å². The van der Waals surface area contributed by atoms with Crippen molar-refractivity contribution < 1.29 is 19.5 Å². The van der Waals surface area contributed by atoms with Gasteiger partial charge in [0, 0.05) is 12.1 Å². The molecule has 0 atom stereocenters. The second-order valence-electron chi connectivity index (χ2n) is 8.21. The molecule has 2 aromatic rings. The first kappa shape index (κ1) is 20.3. The summed E-state index contributed by atoms with van der Waals surface area (Å²) in [5, 5.41) is 6.07. The Morgan fingerprint density at radius 1 is 1.03 bits per heavy atom. The van der Waals surface area contributed by atoms with Crippen molar-refractivity contribution in [2.24, 2.45) is 0 Å². The van der Waals surface area contributed by atoms with E-state index in [0.717, 1.165) is 44.8 Å². The summed E-state index contributed by atoms with van der Waals surface area (Å²) in [7, 11) is 0. The number of amides is 2. The zero-order valence-electron chi connectivity index (χ0n) is 17.3. The number of para-hydroxylation sites is 1. The smallest absolute Gasteiger partial charge is 0.279 e. The number of hydrogen-bond donors (Lipinski definition) is 3. The monoisotopic (exact) mass is 409 g/mol. The first-order valence-electron chi connectivity index (χ1n) is 10.9. The predicted molar refractivity (Wildman–Crippen MR) is 116 cm³/mol. The molecule has 0 bridgehead atoms. The highest BCUT2D eigenvalue weighted by Crippen LogP contribution is 2.20. The third-order valence-electron chi connectivity index (χ3n) is 6.05. The van der Waals surface area contributed by atoms with Gasteiger partial charge in [-0.3, -0.25) is 14.5 Å². The van der Waals surface area contributed by atoms with E-state index in [1.165, 1.54) is 17.7 Å². The molecule has 158 valence electrons. The predicted octanol–water partition coefficient (Wildman–Crippen LogP) is 0.517. The van der Waals surface area contributed by atoms with E-state index in [9.17, 15) is 9.59 Å². The van der Waals surface area contributed by atoms with Gasteiger partial charge in [-0.15, -0.1) is 0 Å². The molecular weight excluding hydrogens is 378 g/mol. The van der Waals surface area contributed by atoms with Crippen molar-refractivity contribution in [3.63, 3.8) is 0 Å². The number of carbonyl (C=O) groups is 2. The van der Waals surface area contributed by atoms with Crippen molar-refractivity contribution in [3.8, 4) is 0 Å². The van der Waals surface area contributed by atoms with Gasteiger partial charge in [0.05, 0.1) is 17.4 Å². The minimum Gasteiger partial charge on any atom is -0.349 e. The van der Waals surface area contributed by atoms with Crippen LogP contribution in [0, 0.1) is 0 Å². The molecule has 2 heterocycles. The highest BCUT2D eigenvalue weighted by atomic mass is 16.2. The maximum Gasteiger partial charge on any atom is 0.279 e. The third-order valence-corrected chi connectivity index (χ3v) is 6.05. The standard InChI is InChI=1S/C23H29N5O2/c29-22(17-27-13-15-28(16-14-27)21-11-5-6-12-24-21)26-20-10-4-3-9-19(20)23(30)25-18-7-1-2-8-18/h3-6,9-12,18H,1-2,7-8,13-17H2,(H,25,30)(H,26,29)/p+2. The molecule has 1 saturated carbocycles. The lowest BCUT2D eigenvalue weighted by atomic mass is 10.1. The van der Waals surface area contributed by atoms with Crippen LogP contribution in [-0.4, -0.2) is 50.6 Å². The van der Waals surface area contributed by atoms with Crippen LogP contribution in [0.2, 0.25) is 0 Å². The maximum atomic E-state index is 12.7. The Kier molecular flexibility index (Phi) is 6.59. The number of nitrogens with one attached hydrogen (secondary N) is 4. The van der Waals surface area contributed by atoms with Gasteiger partial charge >= 0.3 is 0 Å². The molecule has 1 aliphatic heterocycles. The van der Waals surface area contributed by atoms with E-state index in [4.69, 9.17) is 0 Å². The highest BCUT2D eigenvalue weighted by molar-refractivity contribution is 6.04. The fourth-order valence-electron chi connectivity index (χ4n) is 4.37. The van der Waals surface area contributed by atoms with Crippen LogP contribution in [0.15, 0.2) is 48.7 Å². The zero-order valence-corrected chi connectivity index (χ0v) is 17.3. The summed E-state index contributed by atoms with van der Waals surface area (Å²) in [5.74, 6) is 0.965. The van der Waals surface area contributed by atoms with Crippen molar-refractivity contribution in [3.05, 3.63) is 54.2 Å². The maximum absolute atomic E-state index is 12.7. The molecule has 0 unspecified atom stereocenters. The Hall–Kier alpha value is -2.93. The van der Waals surface area contributed by atoms with Crippen LogP contribution in [0.1, 0.15) is 36.0 Å². The first-order valence-corrected chi connectivity index (χ1v) is 10.9. The molecule has 2 aliphatic rings. The van der Waals surface area contributed by atoms with Gasteiger partial charge in [-0.2, -0.15) is 0 Å². The largest absolute Gasteiger partial charge is 0.349 e. The van der Waals surface area contributed by atoms with Crippen LogP contribution >= 0.6 is 0 Å². The first-order chi connectivity index (χ1) is 14.7. The van der Waals surface area contributed by atoms with Crippen LogP contribution in [-0.2, 0) is 4.79 Å². The lowest BCUT2D eigenvalue weighted by molar-refractivity contribution is -0.892. The third kappa shape index (κ3) is 5.16. The Bertz CT molecular complexity index is 859. The van der Waals surface area contributed by atoms with Crippen molar-refractivity contribution in [2.45, 2.75) is 31.7 Å². The van der Waals surface area contributed by atoms with E-state index in [2.05, 4.69) is 26.6 Å². The Balaban J connectivity index is 1.30. The van der Waals surface area contributed by atoms with Crippen molar-refractivity contribution >= 4 is 23.3 Å². The van der Waals surface area contributed by atoms with E-state index in [1.54, 1.807) is 12.1 Å². The molecule has 30 heavy (non-hydrogen) atoms. The number of pyridine rings is 1. The van der Waals surface area contributed by atoms with Gasteiger partial charge in [0.25, 0.3) is 17.6 Å². The second kappa shape index (κ2) is 9.71. The van der Waals surface area contributed by atoms with Gasteiger partial charge in [-0.05, 0) is 31.0 Å². The lowest BCUT2D eigenvalue weighted by Crippen LogP contribution is -3.15. The van der Waals surface area contributed by atoms with Crippen LogP contribution in [0.25, 0.3) is 0 Å². The summed E-state index contributed by atoms with van der Waals surface area (Å²) in [6.45, 7) is 4.03. The molecule has 4 N–H and O–H groups in total. The van der Waals surface area contributed by atoms with Gasteiger partial charge in [-0.1, -0.05) is 31.0 Å². The number of aromatic amines is 1. The van der Waals surface area contributed by atoms with Crippen molar-refractivity contribution in [1.29, 1.82) is 0 Å². The summed E-state index contributed by atoms with van der Waals surface area (Å²) in [6, 6.07) is 13.6. The number of H-pyrrole nitrogens is 1. The van der Waals surface area contributed by atoms with E-state index in [1.807, 2.05) is 30.5 Å². The van der Waals surface area contributed by atoms with E-state index in [-0.39, 0.29) is 17.9 Å². The highest BCUT2D eigenvalue weighted by Gasteiger charge is 2.27. The molecule has 7 nitrogen and oxygen atoms in total. The summed E-state index contributed by atoms with van der Waals surface area (Å²) >= 11 is 0. The number of anilines is 2. The molecule has 2 fully saturated rings. The molecular formula is C23H31N5O2+2. The minimum absolute atomic E-state index is 0.0501. The normalized spacial score (nSPS) is 17.7.